The molecule has 1 unspecified atom stereocenters. The Labute approximate surface area is 77.8 Å². The van der Waals surface area contributed by atoms with E-state index in [1.165, 1.54) is 30.8 Å². The summed E-state index contributed by atoms with van der Waals surface area (Å²) in [4.78, 5) is 3.00. The van der Waals surface area contributed by atoms with Gasteiger partial charge in [0.05, 0.1) is 0 Å². The number of hydrogen-bond donors (Lipinski definition) is 1. The monoisotopic (exact) mass is 181 g/mol. The summed E-state index contributed by atoms with van der Waals surface area (Å²) < 4.78 is 0. The summed E-state index contributed by atoms with van der Waals surface area (Å²) in [5, 5.41) is 3.40. The molecule has 2 heteroatoms. The molecule has 0 radical (unpaired) electrons. The summed E-state index contributed by atoms with van der Waals surface area (Å²) in [6.45, 7) is 4.62. The average Bonchev–Trinajstić information content (AvgIpc) is 2.63. The molecule has 12 heavy (non-hydrogen) atoms. The Morgan fingerprint density at radius 2 is 2.50 bits per heavy atom. The lowest BCUT2D eigenvalue weighted by Crippen LogP contribution is -2.10. The van der Waals surface area contributed by atoms with Crippen LogP contribution in [0.5, 0.6) is 0 Å². The lowest BCUT2D eigenvalue weighted by molar-refractivity contribution is 0.585. The molecule has 0 spiro atoms. The lowest BCUT2D eigenvalue weighted by atomic mass is 10.0. The van der Waals surface area contributed by atoms with E-state index in [1.807, 2.05) is 11.3 Å². The molecule has 1 saturated heterocycles. The molecule has 1 aliphatic heterocycles. The molecule has 0 bridgehead atoms. The third-order valence-electron chi connectivity index (χ3n) is 2.45. The highest BCUT2D eigenvalue weighted by Gasteiger charge is 2.15. The van der Waals surface area contributed by atoms with E-state index in [0.717, 1.165) is 5.92 Å². The van der Waals surface area contributed by atoms with Gasteiger partial charge in [0.15, 0.2) is 0 Å². The number of nitrogens with one attached hydrogen (secondary N) is 1. The van der Waals surface area contributed by atoms with Gasteiger partial charge in [-0.05, 0) is 50.9 Å². The largest absolute Gasteiger partial charge is 0.316 e. The van der Waals surface area contributed by atoms with Crippen molar-refractivity contribution in [1.82, 2.24) is 5.32 Å². The van der Waals surface area contributed by atoms with Crippen molar-refractivity contribution in [3.8, 4) is 0 Å². The molecule has 1 aliphatic rings. The molecule has 1 aromatic rings. The quantitative estimate of drug-likeness (QED) is 0.737. The molecule has 66 valence electrons. The Morgan fingerprint density at radius 3 is 3.08 bits per heavy atom. The van der Waals surface area contributed by atoms with Gasteiger partial charge in [0.25, 0.3) is 0 Å². The Kier molecular flexibility index (Phi) is 2.47. The van der Waals surface area contributed by atoms with Crippen molar-refractivity contribution < 1.29 is 0 Å². The smallest absolute Gasteiger partial charge is 0.00513 e. The molecule has 2 heterocycles. The summed E-state index contributed by atoms with van der Waals surface area (Å²) >= 11 is 1.95. The molecule has 1 N–H and O–H groups in total. The standard InChI is InChI=1S/C10H15NS/c1-8-2-3-10(12-8)6-9-4-5-11-7-9/h2-3,9,11H,4-7H2,1H3. The Hall–Kier alpha value is -0.340. The molecule has 0 aromatic carbocycles. The van der Waals surface area contributed by atoms with Gasteiger partial charge >= 0.3 is 0 Å². The van der Waals surface area contributed by atoms with E-state index in [1.54, 1.807) is 4.88 Å². The van der Waals surface area contributed by atoms with Crippen LogP contribution >= 0.6 is 11.3 Å². The summed E-state index contributed by atoms with van der Waals surface area (Å²) in [5.41, 5.74) is 0. The first kappa shape index (κ1) is 8.27. The second-order valence-corrected chi connectivity index (χ2v) is 4.95. The van der Waals surface area contributed by atoms with Crippen molar-refractivity contribution in [3.05, 3.63) is 21.9 Å². The zero-order valence-corrected chi connectivity index (χ0v) is 8.29. The van der Waals surface area contributed by atoms with Crippen LogP contribution in [-0.4, -0.2) is 13.1 Å². The Bertz CT molecular complexity index is 248. The molecule has 1 atom stereocenters. The van der Waals surface area contributed by atoms with Crippen molar-refractivity contribution in [3.63, 3.8) is 0 Å². The SMILES string of the molecule is Cc1ccc(CC2CCNC2)s1. The van der Waals surface area contributed by atoms with Crippen molar-refractivity contribution in [2.75, 3.05) is 13.1 Å². The van der Waals surface area contributed by atoms with E-state index in [4.69, 9.17) is 0 Å². The Morgan fingerprint density at radius 1 is 1.58 bits per heavy atom. The predicted octanol–water partition coefficient (Wildman–Crippen LogP) is 2.21. The minimum absolute atomic E-state index is 0.892. The fourth-order valence-corrected chi connectivity index (χ4v) is 2.77. The van der Waals surface area contributed by atoms with Gasteiger partial charge in [-0.3, -0.25) is 0 Å². The van der Waals surface area contributed by atoms with Crippen LogP contribution in [0, 0.1) is 12.8 Å². The van der Waals surface area contributed by atoms with Crippen LogP contribution < -0.4 is 5.32 Å². The van der Waals surface area contributed by atoms with E-state index < -0.39 is 0 Å². The first-order chi connectivity index (χ1) is 5.84. The molecular formula is C10H15NS. The number of rotatable bonds is 2. The van der Waals surface area contributed by atoms with Gasteiger partial charge in [-0.1, -0.05) is 0 Å². The predicted molar refractivity (Wildman–Crippen MR) is 53.7 cm³/mol. The van der Waals surface area contributed by atoms with Gasteiger partial charge in [-0.2, -0.15) is 0 Å². The van der Waals surface area contributed by atoms with Crippen LogP contribution in [0.15, 0.2) is 12.1 Å². The number of hydrogen-bond acceptors (Lipinski definition) is 2. The lowest BCUT2D eigenvalue weighted by Gasteiger charge is -2.04. The van der Waals surface area contributed by atoms with Gasteiger partial charge in [-0.25, -0.2) is 0 Å². The summed E-state index contributed by atoms with van der Waals surface area (Å²) in [5.74, 6) is 0.892. The first-order valence-corrected chi connectivity index (χ1v) is 5.42. The van der Waals surface area contributed by atoms with E-state index in [9.17, 15) is 0 Å². The normalized spacial score (nSPS) is 23.2. The molecule has 0 saturated carbocycles. The third kappa shape index (κ3) is 1.87. The summed E-state index contributed by atoms with van der Waals surface area (Å²) in [7, 11) is 0. The molecule has 1 aromatic heterocycles. The van der Waals surface area contributed by atoms with Crippen molar-refractivity contribution in [1.29, 1.82) is 0 Å². The van der Waals surface area contributed by atoms with E-state index >= 15 is 0 Å². The number of thiophene rings is 1. The first-order valence-electron chi connectivity index (χ1n) is 4.60. The molecular weight excluding hydrogens is 166 g/mol. The van der Waals surface area contributed by atoms with Gasteiger partial charge < -0.3 is 5.32 Å². The molecule has 1 nitrogen and oxygen atoms in total. The molecule has 0 aliphatic carbocycles. The minimum Gasteiger partial charge on any atom is -0.316 e. The Balaban J connectivity index is 1.94. The fraction of sp³-hybridized carbons (Fsp3) is 0.600. The van der Waals surface area contributed by atoms with Crippen molar-refractivity contribution >= 4 is 11.3 Å². The molecule has 0 amide bonds. The van der Waals surface area contributed by atoms with E-state index in [0.29, 0.717) is 0 Å². The maximum Gasteiger partial charge on any atom is 0.00513 e. The van der Waals surface area contributed by atoms with E-state index in [-0.39, 0.29) is 0 Å². The van der Waals surface area contributed by atoms with Crippen molar-refractivity contribution in [2.24, 2.45) is 5.92 Å². The van der Waals surface area contributed by atoms with Crippen molar-refractivity contribution in [2.45, 2.75) is 19.8 Å². The van der Waals surface area contributed by atoms with Gasteiger partial charge in [0.2, 0.25) is 0 Å². The van der Waals surface area contributed by atoms with Crippen LogP contribution in [0.25, 0.3) is 0 Å². The summed E-state index contributed by atoms with van der Waals surface area (Å²) in [6.07, 6.45) is 2.64. The second-order valence-electron chi connectivity index (χ2n) is 3.58. The highest BCUT2D eigenvalue weighted by Crippen LogP contribution is 2.21. The van der Waals surface area contributed by atoms with Crippen LogP contribution in [0.4, 0.5) is 0 Å². The average molecular weight is 181 g/mol. The van der Waals surface area contributed by atoms with Gasteiger partial charge in [-0.15, -0.1) is 11.3 Å². The maximum atomic E-state index is 3.40. The molecule has 2 rings (SSSR count). The summed E-state index contributed by atoms with van der Waals surface area (Å²) in [6, 6.07) is 4.50. The molecule has 1 fully saturated rings. The third-order valence-corrected chi connectivity index (χ3v) is 3.47. The highest BCUT2D eigenvalue weighted by molar-refractivity contribution is 7.11. The zero-order chi connectivity index (χ0) is 8.39. The van der Waals surface area contributed by atoms with Crippen LogP contribution in [0.2, 0.25) is 0 Å². The number of aryl methyl sites for hydroxylation is 1. The van der Waals surface area contributed by atoms with Gasteiger partial charge in [0, 0.05) is 9.75 Å². The maximum absolute atomic E-state index is 3.40. The second kappa shape index (κ2) is 3.58. The van der Waals surface area contributed by atoms with Gasteiger partial charge in [0.1, 0.15) is 0 Å². The minimum atomic E-state index is 0.892. The highest BCUT2D eigenvalue weighted by atomic mass is 32.1. The van der Waals surface area contributed by atoms with Crippen LogP contribution in [-0.2, 0) is 6.42 Å². The zero-order valence-electron chi connectivity index (χ0n) is 7.47. The van der Waals surface area contributed by atoms with E-state index in [2.05, 4.69) is 24.4 Å². The topological polar surface area (TPSA) is 12.0 Å². The fourth-order valence-electron chi connectivity index (χ4n) is 1.77. The van der Waals surface area contributed by atoms with Crippen LogP contribution in [0.3, 0.4) is 0 Å². The van der Waals surface area contributed by atoms with Crippen LogP contribution in [0.1, 0.15) is 16.2 Å².